The number of hydrogen-bond donors (Lipinski definition) is 2. The quantitative estimate of drug-likeness (QED) is 0.731. The molecule has 3 nitrogen and oxygen atoms in total. The summed E-state index contributed by atoms with van der Waals surface area (Å²) in [5, 5.41) is 2.44. The second-order valence-corrected chi connectivity index (χ2v) is 3.72. The Bertz CT molecular complexity index is 313. The highest BCUT2D eigenvalue weighted by Crippen LogP contribution is 2.28. The van der Waals surface area contributed by atoms with Crippen LogP contribution >= 0.6 is 0 Å². The van der Waals surface area contributed by atoms with Gasteiger partial charge in [-0.25, -0.2) is 13.8 Å². The molecule has 0 aromatic carbocycles. The van der Waals surface area contributed by atoms with Crippen LogP contribution in [0.2, 0.25) is 0 Å². The van der Waals surface area contributed by atoms with E-state index < -0.39 is 18.4 Å². The number of aromatic amines is 1. The summed E-state index contributed by atoms with van der Waals surface area (Å²) in [5.41, 5.74) is 0. The maximum Gasteiger partial charge on any atom is 0.322 e. The third-order valence-corrected chi connectivity index (χ3v) is 2.35. The van der Waals surface area contributed by atoms with Crippen molar-refractivity contribution in [2.45, 2.75) is 38.2 Å². The first-order chi connectivity index (χ1) is 7.98. The Morgan fingerprint density at radius 1 is 1.47 bits per heavy atom. The summed E-state index contributed by atoms with van der Waals surface area (Å²) < 4.78 is 51.1. The van der Waals surface area contributed by atoms with Crippen LogP contribution in [-0.2, 0) is 6.42 Å². The van der Waals surface area contributed by atoms with Crippen molar-refractivity contribution in [1.29, 1.82) is 0 Å². The lowest BCUT2D eigenvalue weighted by Crippen LogP contribution is -2.51. The number of nitrogens with one attached hydrogen (secondary N) is 2. The van der Waals surface area contributed by atoms with E-state index in [1.807, 2.05) is 0 Å². The van der Waals surface area contributed by atoms with Crippen molar-refractivity contribution in [3.8, 4) is 0 Å². The van der Waals surface area contributed by atoms with E-state index in [-0.39, 0.29) is 18.8 Å². The summed E-state index contributed by atoms with van der Waals surface area (Å²) in [4.78, 5) is 6.39. The Morgan fingerprint density at radius 2 is 2.18 bits per heavy atom. The van der Waals surface area contributed by atoms with Gasteiger partial charge >= 0.3 is 12.3 Å². The number of alkyl halides is 4. The largest absolute Gasteiger partial charge is 0.349 e. The summed E-state index contributed by atoms with van der Waals surface area (Å²) in [6.45, 7) is 2.03. The molecule has 0 radical (unpaired) electrons. The standard InChI is InChI=1S/C10H15F4N3/c1-2-3-15-7(10(13,14)9(11)12)6-8-16-4-5-17-8/h4-5,7,9,15H,2-3,6H2,1H3,(H,16,17). The first-order valence-electron chi connectivity index (χ1n) is 5.36. The molecule has 1 aromatic rings. The average Bonchev–Trinajstić information content (AvgIpc) is 2.76. The first kappa shape index (κ1) is 14.0. The Kier molecular flexibility index (Phi) is 4.92. The number of hydrogen-bond acceptors (Lipinski definition) is 2. The van der Waals surface area contributed by atoms with Gasteiger partial charge in [-0.15, -0.1) is 0 Å². The molecule has 0 bridgehead atoms. The van der Waals surface area contributed by atoms with E-state index in [9.17, 15) is 17.6 Å². The topological polar surface area (TPSA) is 40.7 Å². The fraction of sp³-hybridized carbons (Fsp3) is 0.700. The third kappa shape index (κ3) is 3.69. The van der Waals surface area contributed by atoms with Gasteiger partial charge in [-0.3, -0.25) is 0 Å². The molecule has 17 heavy (non-hydrogen) atoms. The third-order valence-electron chi connectivity index (χ3n) is 2.35. The Labute approximate surface area is 96.6 Å². The number of halogens is 4. The van der Waals surface area contributed by atoms with E-state index in [0.29, 0.717) is 6.42 Å². The average molecular weight is 253 g/mol. The lowest BCUT2D eigenvalue weighted by atomic mass is 10.1. The van der Waals surface area contributed by atoms with Crippen molar-refractivity contribution in [2.24, 2.45) is 0 Å². The second kappa shape index (κ2) is 6.00. The van der Waals surface area contributed by atoms with Gasteiger partial charge in [0.1, 0.15) is 5.82 Å². The minimum absolute atomic E-state index is 0.258. The predicted octanol–water partition coefficient (Wildman–Crippen LogP) is 2.22. The monoisotopic (exact) mass is 253 g/mol. The van der Waals surface area contributed by atoms with Gasteiger partial charge in [0.05, 0.1) is 6.04 Å². The van der Waals surface area contributed by atoms with Crippen molar-refractivity contribution in [1.82, 2.24) is 15.3 Å². The van der Waals surface area contributed by atoms with Gasteiger partial charge in [-0.05, 0) is 13.0 Å². The van der Waals surface area contributed by atoms with Crippen LogP contribution in [0.4, 0.5) is 17.6 Å². The molecule has 7 heteroatoms. The van der Waals surface area contributed by atoms with Crippen molar-refractivity contribution in [2.75, 3.05) is 6.54 Å². The zero-order valence-corrected chi connectivity index (χ0v) is 9.39. The molecule has 1 aromatic heterocycles. The molecule has 0 aliphatic rings. The van der Waals surface area contributed by atoms with Gasteiger partial charge in [0, 0.05) is 18.8 Å². The summed E-state index contributed by atoms with van der Waals surface area (Å²) in [6.07, 6.45) is -0.496. The highest BCUT2D eigenvalue weighted by Gasteiger charge is 2.48. The Hall–Kier alpha value is -1.11. The van der Waals surface area contributed by atoms with E-state index in [1.165, 1.54) is 12.4 Å². The maximum absolute atomic E-state index is 13.3. The molecule has 0 aliphatic heterocycles. The molecule has 0 fully saturated rings. The van der Waals surface area contributed by atoms with Crippen LogP contribution in [0.3, 0.4) is 0 Å². The molecule has 1 rings (SSSR count). The molecular weight excluding hydrogens is 238 g/mol. The smallest absolute Gasteiger partial charge is 0.322 e. The lowest BCUT2D eigenvalue weighted by molar-refractivity contribution is -0.150. The summed E-state index contributed by atoms with van der Waals surface area (Å²) in [6, 6.07) is -1.62. The molecule has 0 spiro atoms. The van der Waals surface area contributed by atoms with Crippen LogP contribution in [0.25, 0.3) is 0 Å². The molecule has 2 N–H and O–H groups in total. The van der Waals surface area contributed by atoms with Gasteiger partial charge in [-0.2, -0.15) is 8.78 Å². The molecule has 1 unspecified atom stereocenters. The highest BCUT2D eigenvalue weighted by molar-refractivity contribution is 4.97. The molecule has 98 valence electrons. The van der Waals surface area contributed by atoms with Crippen LogP contribution in [0.5, 0.6) is 0 Å². The number of nitrogens with zero attached hydrogens (tertiary/aromatic N) is 1. The van der Waals surface area contributed by atoms with Gasteiger partial charge < -0.3 is 10.3 Å². The van der Waals surface area contributed by atoms with Crippen LogP contribution in [0.15, 0.2) is 12.4 Å². The summed E-state index contributed by atoms with van der Waals surface area (Å²) in [7, 11) is 0. The molecule has 0 saturated carbocycles. The van der Waals surface area contributed by atoms with Crippen LogP contribution in [0, 0.1) is 0 Å². The second-order valence-electron chi connectivity index (χ2n) is 3.72. The SMILES string of the molecule is CCCNC(Cc1ncc[nH]1)C(F)(F)C(F)F. The molecule has 1 atom stereocenters. The number of imidazole rings is 1. The van der Waals surface area contributed by atoms with Crippen molar-refractivity contribution < 1.29 is 17.6 Å². The fourth-order valence-corrected chi connectivity index (χ4v) is 1.42. The zero-order chi connectivity index (χ0) is 12.9. The van der Waals surface area contributed by atoms with E-state index >= 15 is 0 Å². The van der Waals surface area contributed by atoms with Gasteiger partial charge in [-0.1, -0.05) is 6.92 Å². The number of aromatic nitrogens is 2. The van der Waals surface area contributed by atoms with Gasteiger partial charge in [0.25, 0.3) is 0 Å². The van der Waals surface area contributed by atoms with Gasteiger partial charge in [0.15, 0.2) is 0 Å². The van der Waals surface area contributed by atoms with Crippen molar-refractivity contribution >= 4 is 0 Å². The summed E-state index contributed by atoms with van der Waals surface area (Å²) in [5.74, 6) is -3.80. The van der Waals surface area contributed by atoms with E-state index in [1.54, 1.807) is 6.92 Å². The number of rotatable bonds is 7. The van der Waals surface area contributed by atoms with E-state index in [4.69, 9.17) is 0 Å². The minimum atomic E-state index is -4.07. The van der Waals surface area contributed by atoms with Crippen molar-refractivity contribution in [3.05, 3.63) is 18.2 Å². The lowest BCUT2D eigenvalue weighted by Gasteiger charge is -2.26. The fourth-order valence-electron chi connectivity index (χ4n) is 1.42. The normalized spacial score (nSPS) is 14.2. The van der Waals surface area contributed by atoms with E-state index in [0.717, 1.165) is 0 Å². The first-order valence-corrected chi connectivity index (χ1v) is 5.36. The highest BCUT2D eigenvalue weighted by atomic mass is 19.3. The van der Waals surface area contributed by atoms with Crippen molar-refractivity contribution in [3.63, 3.8) is 0 Å². The molecule has 0 saturated heterocycles. The zero-order valence-electron chi connectivity index (χ0n) is 9.39. The van der Waals surface area contributed by atoms with Crippen LogP contribution in [-0.4, -0.2) is 34.9 Å². The minimum Gasteiger partial charge on any atom is -0.349 e. The number of H-pyrrole nitrogens is 1. The molecule has 0 aliphatic carbocycles. The van der Waals surface area contributed by atoms with Crippen LogP contribution < -0.4 is 5.32 Å². The van der Waals surface area contributed by atoms with Crippen LogP contribution in [0.1, 0.15) is 19.2 Å². The Balaban J connectivity index is 2.72. The molecular formula is C10H15F4N3. The Morgan fingerprint density at radius 3 is 2.65 bits per heavy atom. The molecule has 1 heterocycles. The van der Waals surface area contributed by atoms with E-state index in [2.05, 4.69) is 15.3 Å². The summed E-state index contributed by atoms with van der Waals surface area (Å²) >= 11 is 0. The predicted molar refractivity (Wildman–Crippen MR) is 55.3 cm³/mol. The van der Waals surface area contributed by atoms with Gasteiger partial charge in [0.2, 0.25) is 0 Å². The molecule has 0 amide bonds. The maximum atomic E-state index is 13.3.